The number of aryl methyl sites for hydroxylation is 2. The second-order valence-electron chi connectivity index (χ2n) is 10.5. The number of nitrogens with zero attached hydrogens (tertiary/aromatic N) is 6. The van der Waals surface area contributed by atoms with E-state index in [2.05, 4.69) is 124 Å². The van der Waals surface area contributed by atoms with E-state index in [1.54, 1.807) is 0 Å². The van der Waals surface area contributed by atoms with E-state index in [1.807, 2.05) is 10.7 Å². The van der Waals surface area contributed by atoms with Gasteiger partial charge in [0.2, 0.25) is 0 Å². The Hall–Kier alpha value is -3.65. The molecule has 1 aliphatic rings. The van der Waals surface area contributed by atoms with Gasteiger partial charge in [0.1, 0.15) is 0 Å². The Morgan fingerprint density at radius 1 is 0.800 bits per heavy atom. The standard InChI is InChI=1S/C33H40N6O/c1-27-12-11-13-28(2)32(27)39-33(34-35-36-39)31(26-40-25-19-30-16-7-4-8-17-30)38-23-21-37(22-24-38)20-10-9-18-29-14-5-3-6-15-29/h3-17,31H,18-26H2,1-2H3/b10-9+. The van der Waals surface area contributed by atoms with Crippen molar-refractivity contribution in [3.63, 3.8) is 0 Å². The number of allylic oxidation sites excluding steroid dienone is 1. The Bertz CT molecular complexity index is 1330. The summed E-state index contributed by atoms with van der Waals surface area (Å²) in [5.41, 5.74) is 6.00. The number of para-hydroxylation sites is 1. The van der Waals surface area contributed by atoms with Crippen LogP contribution in [0.2, 0.25) is 0 Å². The monoisotopic (exact) mass is 536 g/mol. The Labute approximate surface area is 238 Å². The minimum Gasteiger partial charge on any atom is -0.379 e. The normalized spacial score (nSPS) is 15.6. The van der Waals surface area contributed by atoms with Gasteiger partial charge in [0.05, 0.1) is 24.9 Å². The molecule has 1 unspecified atom stereocenters. The molecule has 0 aliphatic carbocycles. The maximum atomic E-state index is 6.30. The first-order valence-electron chi connectivity index (χ1n) is 14.3. The van der Waals surface area contributed by atoms with Crippen LogP contribution in [-0.2, 0) is 17.6 Å². The molecule has 7 heteroatoms. The lowest BCUT2D eigenvalue weighted by Crippen LogP contribution is -2.49. The maximum absolute atomic E-state index is 6.30. The van der Waals surface area contributed by atoms with Gasteiger partial charge >= 0.3 is 0 Å². The van der Waals surface area contributed by atoms with Crippen LogP contribution in [0, 0.1) is 13.8 Å². The minimum atomic E-state index is -0.0273. The SMILES string of the molecule is Cc1cccc(C)c1-n1nnnc1C(COCCc1ccccc1)N1CCN(C/C=C/Cc2ccccc2)CC1. The van der Waals surface area contributed by atoms with E-state index in [1.165, 1.54) is 11.1 Å². The van der Waals surface area contributed by atoms with Gasteiger partial charge < -0.3 is 4.74 Å². The van der Waals surface area contributed by atoms with Gasteiger partial charge in [0.25, 0.3) is 0 Å². The largest absolute Gasteiger partial charge is 0.379 e. The molecule has 1 saturated heterocycles. The number of benzene rings is 3. The molecule has 0 bridgehead atoms. The molecule has 1 fully saturated rings. The first-order valence-corrected chi connectivity index (χ1v) is 14.3. The average molecular weight is 537 g/mol. The van der Waals surface area contributed by atoms with Crippen LogP contribution >= 0.6 is 0 Å². The molecular formula is C33H40N6O. The summed E-state index contributed by atoms with van der Waals surface area (Å²) in [7, 11) is 0. The molecular weight excluding hydrogens is 496 g/mol. The molecule has 2 heterocycles. The maximum Gasteiger partial charge on any atom is 0.176 e. The van der Waals surface area contributed by atoms with Crippen molar-refractivity contribution >= 4 is 0 Å². The van der Waals surface area contributed by atoms with E-state index in [-0.39, 0.29) is 6.04 Å². The van der Waals surface area contributed by atoms with Gasteiger partial charge in [0.15, 0.2) is 5.82 Å². The number of rotatable bonds is 12. The Kier molecular flexibility index (Phi) is 9.85. The lowest BCUT2D eigenvalue weighted by atomic mass is 10.1. The third-order valence-electron chi connectivity index (χ3n) is 7.67. The summed E-state index contributed by atoms with van der Waals surface area (Å²) in [6, 6.07) is 27.4. The number of hydrogen-bond donors (Lipinski definition) is 0. The smallest absolute Gasteiger partial charge is 0.176 e. The molecule has 3 aromatic carbocycles. The van der Waals surface area contributed by atoms with Crippen LogP contribution in [0.1, 0.15) is 34.1 Å². The molecule has 1 aromatic heterocycles. The molecule has 40 heavy (non-hydrogen) atoms. The highest BCUT2D eigenvalue weighted by Crippen LogP contribution is 2.26. The molecule has 0 radical (unpaired) electrons. The molecule has 4 aromatic rings. The zero-order chi connectivity index (χ0) is 27.6. The number of aromatic nitrogens is 4. The zero-order valence-corrected chi connectivity index (χ0v) is 23.7. The number of ether oxygens (including phenoxy) is 1. The molecule has 208 valence electrons. The van der Waals surface area contributed by atoms with Crippen molar-refractivity contribution in [2.45, 2.75) is 32.7 Å². The van der Waals surface area contributed by atoms with E-state index < -0.39 is 0 Å². The summed E-state index contributed by atoms with van der Waals surface area (Å²) in [6.45, 7) is 10.3. The number of piperazine rings is 1. The molecule has 0 saturated carbocycles. The van der Waals surface area contributed by atoms with Gasteiger partial charge in [-0.2, -0.15) is 4.68 Å². The third-order valence-corrected chi connectivity index (χ3v) is 7.67. The first kappa shape index (κ1) is 27.9. The summed E-state index contributed by atoms with van der Waals surface area (Å²) in [5, 5.41) is 13.1. The van der Waals surface area contributed by atoms with Crippen LogP contribution < -0.4 is 0 Å². The highest BCUT2D eigenvalue weighted by Gasteiger charge is 2.30. The molecule has 0 amide bonds. The van der Waals surface area contributed by atoms with Crippen LogP contribution in [0.3, 0.4) is 0 Å². The van der Waals surface area contributed by atoms with Gasteiger partial charge in [-0.15, -0.1) is 5.10 Å². The topological polar surface area (TPSA) is 59.3 Å². The predicted octanol–water partition coefficient (Wildman–Crippen LogP) is 5.00. The number of tetrazole rings is 1. The van der Waals surface area contributed by atoms with Gasteiger partial charge in [-0.05, 0) is 59.4 Å². The van der Waals surface area contributed by atoms with Gasteiger partial charge in [-0.1, -0.05) is 91.0 Å². The lowest BCUT2D eigenvalue weighted by molar-refractivity contribution is 0.0296. The van der Waals surface area contributed by atoms with Crippen molar-refractivity contribution in [2.75, 3.05) is 45.9 Å². The third kappa shape index (κ3) is 7.30. The summed E-state index contributed by atoms with van der Waals surface area (Å²) >= 11 is 0. The van der Waals surface area contributed by atoms with E-state index >= 15 is 0 Å². The summed E-state index contributed by atoms with van der Waals surface area (Å²) in [5.74, 6) is 0.841. The molecule has 5 rings (SSSR count). The van der Waals surface area contributed by atoms with Crippen molar-refractivity contribution in [3.8, 4) is 5.69 Å². The van der Waals surface area contributed by atoms with Crippen LogP contribution in [-0.4, -0.2) is 75.9 Å². The summed E-state index contributed by atoms with van der Waals surface area (Å²) in [6.07, 6.45) is 6.45. The van der Waals surface area contributed by atoms with Crippen LogP contribution in [0.5, 0.6) is 0 Å². The fourth-order valence-corrected chi connectivity index (χ4v) is 5.39. The Balaban J connectivity index is 1.24. The van der Waals surface area contributed by atoms with E-state index in [4.69, 9.17) is 4.74 Å². The van der Waals surface area contributed by atoms with E-state index in [9.17, 15) is 0 Å². The van der Waals surface area contributed by atoms with E-state index in [0.717, 1.165) is 68.2 Å². The van der Waals surface area contributed by atoms with Gasteiger partial charge in [-0.25, -0.2) is 0 Å². The quantitative estimate of drug-likeness (QED) is 0.188. The second kappa shape index (κ2) is 14.1. The van der Waals surface area contributed by atoms with Crippen molar-refractivity contribution in [1.82, 2.24) is 30.0 Å². The highest BCUT2D eigenvalue weighted by atomic mass is 16.5. The lowest BCUT2D eigenvalue weighted by Gasteiger charge is -2.38. The molecule has 7 nitrogen and oxygen atoms in total. The van der Waals surface area contributed by atoms with Crippen molar-refractivity contribution in [1.29, 1.82) is 0 Å². The first-order chi connectivity index (χ1) is 19.7. The minimum absolute atomic E-state index is 0.0273. The van der Waals surface area contributed by atoms with Gasteiger partial charge in [0, 0.05) is 32.7 Å². The zero-order valence-electron chi connectivity index (χ0n) is 23.7. The average Bonchev–Trinajstić information content (AvgIpc) is 3.46. The molecule has 1 aliphatic heterocycles. The number of hydrogen-bond acceptors (Lipinski definition) is 6. The van der Waals surface area contributed by atoms with Gasteiger partial charge in [-0.3, -0.25) is 9.80 Å². The van der Waals surface area contributed by atoms with Crippen molar-refractivity contribution in [2.24, 2.45) is 0 Å². The summed E-state index contributed by atoms with van der Waals surface area (Å²) in [4.78, 5) is 5.00. The van der Waals surface area contributed by atoms with Crippen molar-refractivity contribution < 1.29 is 4.74 Å². The van der Waals surface area contributed by atoms with Crippen LogP contribution in [0.25, 0.3) is 5.69 Å². The van der Waals surface area contributed by atoms with Crippen LogP contribution in [0.4, 0.5) is 0 Å². The molecule has 0 spiro atoms. The second-order valence-corrected chi connectivity index (χ2v) is 10.5. The highest BCUT2D eigenvalue weighted by molar-refractivity contribution is 5.46. The Morgan fingerprint density at radius 2 is 1.48 bits per heavy atom. The summed E-state index contributed by atoms with van der Waals surface area (Å²) < 4.78 is 8.23. The molecule has 1 atom stereocenters. The Morgan fingerprint density at radius 3 is 2.17 bits per heavy atom. The molecule has 0 N–H and O–H groups in total. The van der Waals surface area contributed by atoms with E-state index in [0.29, 0.717) is 13.2 Å². The van der Waals surface area contributed by atoms with Crippen LogP contribution in [0.15, 0.2) is 91.0 Å². The fourth-order valence-electron chi connectivity index (χ4n) is 5.39. The van der Waals surface area contributed by atoms with Crippen molar-refractivity contribution in [3.05, 3.63) is 119 Å². The fraction of sp³-hybridized carbons (Fsp3) is 0.364. The predicted molar refractivity (Wildman–Crippen MR) is 160 cm³/mol.